The summed E-state index contributed by atoms with van der Waals surface area (Å²) in [5.74, 6) is 0.674. The number of ether oxygens (including phenoxy) is 1. The van der Waals surface area contributed by atoms with Crippen LogP contribution in [0.3, 0.4) is 0 Å². The van der Waals surface area contributed by atoms with Crippen molar-refractivity contribution in [2.45, 2.75) is 19.4 Å². The molecule has 12 heavy (non-hydrogen) atoms. The lowest BCUT2D eigenvalue weighted by Crippen LogP contribution is -2.02. The Morgan fingerprint density at radius 2 is 2.00 bits per heavy atom. The Labute approximate surface area is 73.4 Å². The molecular formula is C11H14O. The smallest absolute Gasteiger partial charge is 0.0851 e. The standard InChI is InChI=1S/C11H14O/c1-9-7-8-12-11(9)10-5-3-2-4-6-10/h2-6,9,11H,7-8H2,1H3/t9-,11+/m0/s1. The maximum Gasteiger partial charge on any atom is 0.0851 e. The Morgan fingerprint density at radius 1 is 1.25 bits per heavy atom. The summed E-state index contributed by atoms with van der Waals surface area (Å²) in [7, 11) is 0. The maximum absolute atomic E-state index is 5.65. The van der Waals surface area contributed by atoms with E-state index in [9.17, 15) is 0 Å². The summed E-state index contributed by atoms with van der Waals surface area (Å²) in [4.78, 5) is 0. The third-order valence-electron chi connectivity index (χ3n) is 2.52. The summed E-state index contributed by atoms with van der Waals surface area (Å²) in [5, 5.41) is 0. The Balaban J connectivity index is 2.19. The van der Waals surface area contributed by atoms with Gasteiger partial charge in [0.05, 0.1) is 6.10 Å². The van der Waals surface area contributed by atoms with Gasteiger partial charge in [-0.25, -0.2) is 0 Å². The molecule has 0 unspecified atom stereocenters. The van der Waals surface area contributed by atoms with Crippen LogP contribution in [0.1, 0.15) is 25.0 Å². The van der Waals surface area contributed by atoms with Gasteiger partial charge in [-0.05, 0) is 17.9 Å². The molecule has 1 aliphatic heterocycles. The molecule has 2 rings (SSSR count). The lowest BCUT2D eigenvalue weighted by atomic mass is 9.97. The Hall–Kier alpha value is -0.820. The molecule has 0 bridgehead atoms. The quantitative estimate of drug-likeness (QED) is 0.617. The zero-order valence-corrected chi connectivity index (χ0v) is 7.36. The predicted molar refractivity (Wildman–Crippen MR) is 48.9 cm³/mol. The molecule has 1 nitrogen and oxygen atoms in total. The van der Waals surface area contributed by atoms with Gasteiger partial charge in [-0.2, -0.15) is 0 Å². The lowest BCUT2D eigenvalue weighted by Gasteiger charge is -2.14. The van der Waals surface area contributed by atoms with Crippen molar-refractivity contribution in [3.8, 4) is 0 Å². The highest BCUT2D eigenvalue weighted by Gasteiger charge is 2.25. The number of rotatable bonds is 1. The van der Waals surface area contributed by atoms with E-state index in [0.717, 1.165) is 6.61 Å². The average molecular weight is 162 g/mol. The van der Waals surface area contributed by atoms with Crippen LogP contribution in [0.5, 0.6) is 0 Å². The fourth-order valence-corrected chi connectivity index (χ4v) is 1.76. The maximum atomic E-state index is 5.65. The van der Waals surface area contributed by atoms with Crippen molar-refractivity contribution in [3.63, 3.8) is 0 Å². The molecule has 0 spiro atoms. The zero-order valence-electron chi connectivity index (χ0n) is 7.36. The van der Waals surface area contributed by atoms with Crippen LogP contribution >= 0.6 is 0 Å². The minimum Gasteiger partial charge on any atom is -0.373 e. The van der Waals surface area contributed by atoms with Gasteiger partial charge in [0, 0.05) is 6.61 Å². The van der Waals surface area contributed by atoms with Gasteiger partial charge in [-0.1, -0.05) is 37.3 Å². The zero-order chi connectivity index (χ0) is 8.39. The van der Waals surface area contributed by atoms with Crippen molar-refractivity contribution in [2.24, 2.45) is 5.92 Å². The number of hydrogen-bond acceptors (Lipinski definition) is 1. The molecule has 0 radical (unpaired) electrons. The third-order valence-corrected chi connectivity index (χ3v) is 2.52. The molecular weight excluding hydrogens is 148 g/mol. The van der Waals surface area contributed by atoms with E-state index in [4.69, 9.17) is 4.74 Å². The Kier molecular flexibility index (Phi) is 2.13. The first-order valence-electron chi connectivity index (χ1n) is 4.54. The van der Waals surface area contributed by atoms with Crippen LogP contribution in [0, 0.1) is 5.92 Å². The van der Waals surface area contributed by atoms with Crippen LogP contribution in [0.2, 0.25) is 0 Å². The summed E-state index contributed by atoms with van der Waals surface area (Å²) < 4.78 is 5.65. The lowest BCUT2D eigenvalue weighted by molar-refractivity contribution is 0.0945. The van der Waals surface area contributed by atoms with E-state index in [2.05, 4.69) is 31.2 Å². The second-order valence-corrected chi connectivity index (χ2v) is 3.47. The van der Waals surface area contributed by atoms with E-state index >= 15 is 0 Å². The topological polar surface area (TPSA) is 9.23 Å². The molecule has 1 aliphatic rings. The fraction of sp³-hybridized carbons (Fsp3) is 0.455. The number of benzene rings is 1. The molecule has 1 saturated heterocycles. The van der Waals surface area contributed by atoms with Crippen molar-refractivity contribution < 1.29 is 4.74 Å². The van der Waals surface area contributed by atoms with Crippen LogP contribution in [-0.4, -0.2) is 6.61 Å². The van der Waals surface area contributed by atoms with Gasteiger partial charge in [-0.3, -0.25) is 0 Å². The van der Waals surface area contributed by atoms with Crippen LogP contribution in [0.25, 0.3) is 0 Å². The van der Waals surface area contributed by atoms with E-state index in [0.29, 0.717) is 12.0 Å². The largest absolute Gasteiger partial charge is 0.373 e. The molecule has 0 N–H and O–H groups in total. The summed E-state index contributed by atoms with van der Waals surface area (Å²) in [6.07, 6.45) is 1.53. The first-order chi connectivity index (χ1) is 5.88. The summed E-state index contributed by atoms with van der Waals surface area (Å²) in [6.45, 7) is 3.17. The summed E-state index contributed by atoms with van der Waals surface area (Å²) >= 11 is 0. The van der Waals surface area contributed by atoms with Gasteiger partial charge < -0.3 is 4.74 Å². The van der Waals surface area contributed by atoms with Crippen LogP contribution in [0.15, 0.2) is 30.3 Å². The summed E-state index contributed by atoms with van der Waals surface area (Å²) in [5.41, 5.74) is 1.32. The van der Waals surface area contributed by atoms with Crippen LogP contribution < -0.4 is 0 Å². The van der Waals surface area contributed by atoms with Crippen LogP contribution in [-0.2, 0) is 4.74 Å². The highest BCUT2D eigenvalue weighted by Crippen LogP contribution is 2.33. The highest BCUT2D eigenvalue weighted by atomic mass is 16.5. The van der Waals surface area contributed by atoms with Crippen molar-refractivity contribution in [3.05, 3.63) is 35.9 Å². The predicted octanol–water partition coefficient (Wildman–Crippen LogP) is 2.78. The van der Waals surface area contributed by atoms with Crippen LogP contribution in [0.4, 0.5) is 0 Å². The molecule has 1 aromatic rings. The van der Waals surface area contributed by atoms with Crippen molar-refractivity contribution >= 4 is 0 Å². The van der Waals surface area contributed by atoms with E-state index in [1.165, 1.54) is 12.0 Å². The van der Waals surface area contributed by atoms with Gasteiger partial charge in [0.1, 0.15) is 0 Å². The fourth-order valence-electron chi connectivity index (χ4n) is 1.76. The molecule has 0 amide bonds. The van der Waals surface area contributed by atoms with Gasteiger partial charge in [0.2, 0.25) is 0 Å². The van der Waals surface area contributed by atoms with E-state index < -0.39 is 0 Å². The first kappa shape index (κ1) is 7.81. The summed E-state index contributed by atoms with van der Waals surface area (Å²) in [6, 6.07) is 10.5. The van der Waals surface area contributed by atoms with Crippen molar-refractivity contribution in [2.75, 3.05) is 6.61 Å². The molecule has 2 atom stereocenters. The van der Waals surface area contributed by atoms with E-state index in [1.807, 2.05) is 6.07 Å². The molecule has 64 valence electrons. The van der Waals surface area contributed by atoms with E-state index in [-0.39, 0.29) is 0 Å². The third kappa shape index (κ3) is 1.37. The monoisotopic (exact) mass is 162 g/mol. The minimum atomic E-state index is 0.339. The normalized spacial score (nSPS) is 29.1. The molecule has 0 saturated carbocycles. The highest BCUT2D eigenvalue weighted by molar-refractivity contribution is 5.18. The molecule has 0 aliphatic carbocycles. The minimum absolute atomic E-state index is 0.339. The van der Waals surface area contributed by atoms with Crippen molar-refractivity contribution in [1.82, 2.24) is 0 Å². The molecule has 1 heterocycles. The number of hydrogen-bond donors (Lipinski definition) is 0. The second-order valence-electron chi connectivity index (χ2n) is 3.47. The van der Waals surface area contributed by atoms with Gasteiger partial charge in [-0.15, -0.1) is 0 Å². The Morgan fingerprint density at radius 3 is 2.58 bits per heavy atom. The second kappa shape index (κ2) is 3.28. The SMILES string of the molecule is C[C@H]1CCO[C@H]1c1ccccc1. The molecule has 1 fully saturated rings. The van der Waals surface area contributed by atoms with Gasteiger partial charge in [0.15, 0.2) is 0 Å². The molecule has 1 aromatic carbocycles. The van der Waals surface area contributed by atoms with Gasteiger partial charge >= 0.3 is 0 Å². The molecule has 1 heteroatoms. The molecule has 0 aromatic heterocycles. The Bertz CT molecular complexity index is 242. The van der Waals surface area contributed by atoms with E-state index in [1.54, 1.807) is 0 Å². The first-order valence-corrected chi connectivity index (χ1v) is 4.54. The average Bonchev–Trinajstić information content (AvgIpc) is 2.53. The van der Waals surface area contributed by atoms with Gasteiger partial charge in [0.25, 0.3) is 0 Å². The van der Waals surface area contributed by atoms with Crippen molar-refractivity contribution in [1.29, 1.82) is 0 Å².